The molecule has 0 saturated carbocycles. The first-order valence-electron chi connectivity index (χ1n) is 8.85. The minimum Gasteiger partial charge on any atom is -0.466 e. The number of likely N-dealkylation sites (tertiary alicyclic amines) is 1. The number of benzene rings is 1. The molecule has 1 aliphatic carbocycles. The van der Waals surface area contributed by atoms with Crippen molar-refractivity contribution in [2.45, 2.75) is 26.2 Å². The summed E-state index contributed by atoms with van der Waals surface area (Å²) in [4.78, 5) is 26.8. The van der Waals surface area contributed by atoms with E-state index in [1.54, 1.807) is 6.08 Å². The summed E-state index contributed by atoms with van der Waals surface area (Å²) in [5.41, 5.74) is 2.43. The highest BCUT2D eigenvalue weighted by Gasteiger charge is 2.35. The largest absolute Gasteiger partial charge is 0.466 e. The number of ether oxygens (including phenoxy) is 1. The van der Waals surface area contributed by atoms with E-state index in [1.165, 1.54) is 7.11 Å². The maximum Gasteiger partial charge on any atom is 0.334 e. The van der Waals surface area contributed by atoms with Gasteiger partial charge in [-0.3, -0.25) is 4.79 Å². The van der Waals surface area contributed by atoms with Crippen LogP contribution < -0.4 is 0 Å². The average molecular weight is 339 g/mol. The SMILES string of the molecule is COC(=O)/C(=C/c1cccc(C)c1)CC(=O)N1C[C@H]2CC=CC[C@H]2C1. The van der Waals surface area contributed by atoms with Crippen LogP contribution in [0, 0.1) is 18.8 Å². The second-order valence-electron chi connectivity index (χ2n) is 7.01. The first kappa shape index (κ1) is 17.5. The van der Waals surface area contributed by atoms with Gasteiger partial charge in [-0.25, -0.2) is 4.79 Å². The first-order valence-corrected chi connectivity index (χ1v) is 8.85. The Balaban J connectivity index is 1.72. The number of rotatable bonds is 4. The van der Waals surface area contributed by atoms with Crippen molar-refractivity contribution >= 4 is 18.0 Å². The highest BCUT2D eigenvalue weighted by molar-refractivity contribution is 5.99. The molecule has 0 radical (unpaired) electrons. The predicted molar refractivity (Wildman–Crippen MR) is 97.7 cm³/mol. The Morgan fingerprint density at radius 2 is 1.88 bits per heavy atom. The lowest BCUT2D eigenvalue weighted by Gasteiger charge is -2.17. The van der Waals surface area contributed by atoms with Crippen LogP contribution in [0.1, 0.15) is 30.4 Å². The monoisotopic (exact) mass is 339 g/mol. The quantitative estimate of drug-likeness (QED) is 0.480. The van der Waals surface area contributed by atoms with Crippen molar-refractivity contribution in [1.29, 1.82) is 0 Å². The van der Waals surface area contributed by atoms with E-state index in [9.17, 15) is 9.59 Å². The Morgan fingerprint density at radius 3 is 2.48 bits per heavy atom. The number of hydrogen-bond donors (Lipinski definition) is 0. The summed E-state index contributed by atoms with van der Waals surface area (Å²) in [6.45, 7) is 3.60. The van der Waals surface area contributed by atoms with Crippen molar-refractivity contribution in [1.82, 2.24) is 4.90 Å². The molecule has 0 N–H and O–H groups in total. The fourth-order valence-electron chi connectivity index (χ4n) is 3.77. The van der Waals surface area contributed by atoms with Crippen molar-refractivity contribution in [2.24, 2.45) is 11.8 Å². The first-order chi connectivity index (χ1) is 12.1. The molecule has 0 aromatic heterocycles. The van der Waals surface area contributed by atoms with E-state index < -0.39 is 5.97 Å². The van der Waals surface area contributed by atoms with Crippen molar-refractivity contribution in [3.05, 3.63) is 53.1 Å². The van der Waals surface area contributed by atoms with E-state index in [0.29, 0.717) is 17.4 Å². The van der Waals surface area contributed by atoms with E-state index in [1.807, 2.05) is 36.1 Å². The molecule has 1 heterocycles. The summed E-state index contributed by atoms with van der Waals surface area (Å²) in [5.74, 6) is 0.708. The van der Waals surface area contributed by atoms with Crippen molar-refractivity contribution in [3.63, 3.8) is 0 Å². The molecular weight excluding hydrogens is 314 g/mol. The van der Waals surface area contributed by atoms with Crippen molar-refractivity contribution in [3.8, 4) is 0 Å². The summed E-state index contributed by atoms with van der Waals surface area (Å²) in [7, 11) is 1.35. The van der Waals surface area contributed by atoms with Gasteiger partial charge in [-0.15, -0.1) is 0 Å². The summed E-state index contributed by atoms with van der Waals surface area (Å²) >= 11 is 0. The van der Waals surface area contributed by atoms with E-state index in [2.05, 4.69) is 12.2 Å². The molecule has 4 heteroatoms. The molecule has 2 atom stereocenters. The van der Waals surface area contributed by atoms with Gasteiger partial charge in [0.1, 0.15) is 0 Å². The predicted octanol–water partition coefficient (Wildman–Crippen LogP) is 3.37. The Kier molecular flexibility index (Phi) is 5.37. The number of allylic oxidation sites excluding steroid dienone is 2. The van der Waals surface area contributed by atoms with Crippen LogP contribution in [0.25, 0.3) is 6.08 Å². The summed E-state index contributed by atoms with van der Waals surface area (Å²) < 4.78 is 4.88. The highest BCUT2D eigenvalue weighted by Crippen LogP contribution is 2.33. The van der Waals surface area contributed by atoms with E-state index in [-0.39, 0.29) is 12.3 Å². The lowest BCUT2D eigenvalue weighted by atomic mass is 9.86. The van der Waals surface area contributed by atoms with Gasteiger partial charge in [0.2, 0.25) is 5.91 Å². The number of amides is 1. The van der Waals surface area contributed by atoms with Crippen LogP contribution in [-0.2, 0) is 14.3 Å². The van der Waals surface area contributed by atoms with Crippen LogP contribution in [0.5, 0.6) is 0 Å². The number of carbonyl (C=O) groups excluding carboxylic acids is 2. The van der Waals surface area contributed by atoms with Gasteiger partial charge in [-0.1, -0.05) is 42.0 Å². The van der Waals surface area contributed by atoms with Crippen LogP contribution >= 0.6 is 0 Å². The fraction of sp³-hybridized carbons (Fsp3) is 0.429. The topological polar surface area (TPSA) is 46.6 Å². The molecule has 132 valence electrons. The molecular formula is C21H25NO3. The van der Waals surface area contributed by atoms with Crippen LogP contribution in [0.15, 0.2) is 42.0 Å². The number of methoxy groups -OCH3 is 1. The zero-order valence-corrected chi connectivity index (χ0v) is 14.9. The molecule has 3 rings (SSSR count). The molecule has 25 heavy (non-hydrogen) atoms. The molecule has 2 aliphatic rings. The molecule has 1 amide bonds. The fourth-order valence-corrected chi connectivity index (χ4v) is 3.77. The smallest absolute Gasteiger partial charge is 0.334 e. The summed E-state index contributed by atoms with van der Waals surface area (Å²) in [6.07, 6.45) is 8.39. The minimum atomic E-state index is -0.437. The number of hydrogen-bond acceptors (Lipinski definition) is 3. The normalized spacial score (nSPS) is 22.6. The molecule has 1 saturated heterocycles. The Hall–Kier alpha value is -2.36. The van der Waals surface area contributed by atoms with E-state index in [0.717, 1.165) is 37.1 Å². The highest BCUT2D eigenvalue weighted by atomic mass is 16.5. The maximum atomic E-state index is 12.7. The van der Waals surface area contributed by atoms with Gasteiger partial charge in [0.05, 0.1) is 13.5 Å². The maximum absolute atomic E-state index is 12.7. The minimum absolute atomic E-state index is 0.0127. The lowest BCUT2D eigenvalue weighted by Crippen LogP contribution is -2.30. The van der Waals surface area contributed by atoms with Gasteiger partial charge in [0, 0.05) is 18.7 Å². The van der Waals surface area contributed by atoms with E-state index >= 15 is 0 Å². The second-order valence-corrected chi connectivity index (χ2v) is 7.01. The molecule has 1 aromatic carbocycles. The van der Waals surface area contributed by atoms with Gasteiger partial charge >= 0.3 is 5.97 Å². The molecule has 1 aliphatic heterocycles. The number of fused-ring (bicyclic) bond motifs is 1. The Bertz CT molecular complexity index is 704. The van der Waals surface area contributed by atoms with Gasteiger partial charge in [-0.2, -0.15) is 0 Å². The molecule has 0 unspecified atom stereocenters. The number of nitrogens with zero attached hydrogens (tertiary/aromatic N) is 1. The Labute approximate surface area is 149 Å². The van der Waals surface area contributed by atoms with E-state index in [4.69, 9.17) is 4.74 Å². The van der Waals surface area contributed by atoms with Crippen LogP contribution in [0.4, 0.5) is 0 Å². The summed E-state index contributed by atoms with van der Waals surface area (Å²) in [5, 5.41) is 0. The van der Waals surface area contributed by atoms with Crippen LogP contribution in [0.2, 0.25) is 0 Å². The lowest BCUT2D eigenvalue weighted by molar-refractivity contribution is -0.138. The van der Waals surface area contributed by atoms with Gasteiger partial charge in [0.25, 0.3) is 0 Å². The summed E-state index contributed by atoms with van der Waals surface area (Å²) in [6, 6.07) is 7.86. The third kappa shape index (κ3) is 4.19. The second kappa shape index (κ2) is 7.68. The molecule has 0 bridgehead atoms. The average Bonchev–Trinajstić information content (AvgIpc) is 3.05. The van der Waals surface area contributed by atoms with Crippen molar-refractivity contribution < 1.29 is 14.3 Å². The number of aryl methyl sites for hydroxylation is 1. The third-order valence-corrected chi connectivity index (χ3v) is 5.15. The molecule has 4 nitrogen and oxygen atoms in total. The van der Waals surface area contributed by atoms with Gasteiger partial charge < -0.3 is 9.64 Å². The van der Waals surface area contributed by atoms with Gasteiger partial charge in [-0.05, 0) is 43.2 Å². The molecule has 1 aromatic rings. The van der Waals surface area contributed by atoms with Gasteiger partial charge in [0.15, 0.2) is 0 Å². The van der Waals surface area contributed by atoms with Crippen LogP contribution in [0.3, 0.4) is 0 Å². The number of carbonyl (C=O) groups is 2. The molecule has 1 fully saturated rings. The van der Waals surface area contributed by atoms with Crippen molar-refractivity contribution in [2.75, 3.05) is 20.2 Å². The number of esters is 1. The zero-order valence-electron chi connectivity index (χ0n) is 14.9. The third-order valence-electron chi connectivity index (χ3n) is 5.15. The Morgan fingerprint density at radius 1 is 1.20 bits per heavy atom. The standard InChI is InChI=1S/C21H25NO3/c1-15-6-5-7-16(10-15)11-19(21(24)25-2)12-20(23)22-13-17-8-3-4-9-18(17)14-22/h3-7,10-11,17-18H,8-9,12-14H2,1-2H3/b19-11+/t17-,18+. The molecule has 0 spiro atoms. The van der Waals surface area contributed by atoms with Crippen LogP contribution in [-0.4, -0.2) is 37.0 Å². The zero-order chi connectivity index (χ0) is 17.8.